The lowest BCUT2D eigenvalue weighted by molar-refractivity contribution is -0.122. The van der Waals surface area contributed by atoms with Gasteiger partial charge in [0.1, 0.15) is 6.54 Å². The minimum atomic E-state index is -4.41. The third-order valence-corrected chi connectivity index (χ3v) is 2.21. The summed E-state index contributed by atoms with van der Waals surface area (Å²) < 4.78 is 35.7. The number of benzene rings is 1. The Hall–Kier alpha value is -1.76. The van der Waals surface area contributed by atoms with E-state index in [0.717, 1.165) is 12.1 Å². The van der Waals surface area contributed by atoms with Gasteiger partial charge < -0.3 is 16.0 Å². The standard InChI is InChI=1S/C12H16F3N3O/c1-2-16-7-9-4-3-5-10(6-9)18-11(19)17-8-12(13,14)15/h3-6,16H,2,7-8H2,1H3,(H2,17,18,19). The highest BCUT2D eigenvalue weighted by Crippen LogP contribution is 2.13. The lowest BCUT2D eigenvalue weighted by Gasteiger charge is -2.10. The molecule has 0 heterocycles. The molecule has 0 radical (unpaired) electrons. The zero-order valence-corrected chi connectivity index (χ0v) is 10.5. The summed E-state index contributed by atoms with van der Waals surface area (Å²) in [4.78, 5) is 11.2. The Bertz CT molecular complexity index is 421. The second-order valence-corrected chi connectivity index (χ2v) is 3.90. The number of carbonyl (C=O) groups is 1. The summed E-state index contributed by atoms with van der Waals surface area (Å²) in [5.41, 5.74) is 1.39. The van der Waals surface area contributed by atoms with E-state index in [0.29, 0.717) is 12.2 Å². The molecule has 1 aromatic carbocycles. The van der Waals surface area contributed by atoms with Gasteiger partial charge in [0, 0.05) is 12.2 Å². The maximum Gasteiger partial charge on any atom is 0.405 e. The van der Waals surface area contributed by atoms with Crippen molar-refractivity contribution in [3.05, 3.63) is 29.8 Å². The van der Waals surface area contributed by atoms with Crippen molar-refractivity contribution < 1.29 is 18.0 Å². The molecule has 7 heteroatoms. The predicted molar refractivity (Wildman–Crippen MR) is 66.9 cm³/mol. The van der Waals surface area contributed by atoms with Gasteiger partial charge in [-0.05, 0) is 24.2 Å². The summed E-state index contributed by atoms with van der Waals surface area (Å²) in [6.07, 6.45) is -4.41. The van der Waals surface area contributed by atoms with Crippen LogP contribution in [0.5, 0.6) is 0 Å². The first-order chi connectivity index (χ1) is 8.90. The van der Waals surface area contributed by atoms with Crippen molar-refractivity contribution in [1.82, 2.24) is 10.6 Å². The highest BCUT2D eigenvalue weighted by Gasteiger charge is 2.27. The van der Waals surface area contributed by atoms with E-state index in [9.17, 15) is 18.0 Å². The lowest BCUT2D eigenvalue weighted by Crippen LogP contribution is -2.36. The fourth-order valence-corrected chi connectivity index (χ4v) is 1.38. The molecule has 0 saturated heterocycles. The van der Waals surface area contributed by atoms with Crippen LogP contribution in [0.2, 0.25) is 0 Å². The Balaban J connectivity index is 2.49. The van der Waals surface area contributed by atoms with Crippen LogP contribution in [0.3, 0.4) is 0 Å². The third-order valence-electron chi connectivity index (χ3n) is 2.21. The van der Waals surface area contributed by atoms with Crippen molar-refractivity contribution in [1.29, 1.82) is 0 Å². The maximum absolute atomic E-state index is 11.9. The Morgan fingerprint density at radius 3 is 2.68 bits per heavy atom. The first-order valence-electron chi connectivity index (χ1n) is 5.82. The number of hydrogen-bond donors (Lipinski definition) is 3. The zero-order chi connectivity index (χ0) is 14.3. The molecule has 0 fully saturated rings. The van der Waals surface area contributed by atoms with Crippen molar-refractivity contribution in [3.8, 4) is 0 Å². The molecule has 2 amide bonds. The monoisotopic (exact) mass is 275 g/mol. The number of hydrogen-bond acceptors (Lipinski definition) is 2. The molecule has 19 heavy (non-hydrogen) atoms. The van der Waals surface area contributed by atoms with E-state index in [1.807, 2.05) is 13.0 Å². The molecule has 0 spiro atoms. The quantitative estimate of drug-likeness (QED) is 0.773. The minimum Gasteiger partial charge on any atom is -0.329 e. The molecule has 0 atom stereocenters. The van der Waals surface area contributed by atoms with Gasteiger partial charge in [0.05, 0.1) is 0 Å². The van der Waals surface area contributed by atoms with Gasteiger partial charge in [-0.3, -0.25) is 0 Å². The van der Waals surface area contributed by atoms with Crippen LogP contribution in [0.1, 0.15) is 12.5 Å². The summed E-state index contributed by atoms with van der Waals surface area (Å²) in [7, 11) is 0. The average molecular weight is 275 g/mol. The number of amides is 2. The molecule has 0 unspecified atom stereocenters. The van der Waals surface area contributed by atoms with Gasteiger partial charge in [0.15, 0.2) is 0 Å². The van der Waals surface area contributed by atoms with E-state index in [-0.39, 0.29) is 0 Å². The third kappa shape index (κ3) is 6.66. The van der Waals surface area contributed by atoms with Crippen molar-refractivity contribution in [3.63, 3.8) is 0 Å². The smallest absolute Gasteiger partial charge is 0.329 e. The topological polar surface area (TPSA) is 53.2 Å². The number of halogens is 3. The summed E-state index contributed by atoms with van der Waals surface area (Å²) in [5, 5.41) is 7.21. The van der Waals surface area contributed by atoms with Crippen LogP contribution < -0.4 is 16.0 Å². The van der Waals surface area contributed by atoms with Gasteiger partial charge in [-0.2, -0.15) is 13.2 Å². The normalized spacial score (nSPS) is 11.2. The number of rotatable bonds is 5. The Morgan fingerprint density at radius 2 is 2.05 bits per heavy atom. The van der Waals surface area contributed by atoms with E-state index >= 15 is 0 Å². The van der Waals surface area contributed by atoms with Crippen LogP contribution >= 0.6 is 0 Å². The zero-order valence-electron chi connectivity index (χ0n) is 10.5. The molecule has 106 valence electrons. The Labute approximate surface area is 109 Å². The average Bonchev–Trinajstić information content (AvgIpc) is 2.33. The van der Waals surface area contributed by atoms with Crippen LogP contribution in [0.15, 0.2) is 24.3 Å². The second kappa shape index (κ2) is 6.98. The highest BCUT2D eigenvalue weighted by atomic mass is 19.4. The van der Waals surface area contributed by atoms with Crippen LogP contribution in [-0.2, 0) is 6.54 Å². The largest absolute Gasteiger partial charge is 0.405 e. The van der Waals surface area contributed by atoms with Crippen molar-refractivity contribution in [2.45, 2.75) is 19.6 Å². The molecule has 1 rings (SSSR count). The van der Waals surface area contributed by atoms with E-state index in [4.69, 9.17) is 0 Å². The Kier molecular flexibility index (Phi) is 5.62. The molecule has 0 aromatic heterocycles. The number of urea groups is 1. The first kappa shape index (κ1) is 15.3. The molecule has 3 N–H and O–H groups in total. The van der Waals surface area contributed by atoms with Crippen molar-refractivity contribution in [2.75, 3.05) is 18.4 Å². The lowest BCUT2D eigenvalue weighted by atomic mass is 10.2. The summed E-state index contributed by atoms with van der Waals surface area (Å²) in [6, 6.07) is 6.03. The molecule has 0 aliphatic heterocycles. The number of alkyl halides is 3. The van der Waals surface area contributed by atoms with E-state index in [2.05, 4.69) is 10.6 Å². The van der Waals surface area contributed by atoms with Crippen molar-refractivity contribution in [2.24, 2.45) is 0 Å². The molecule has 0 saturated carbocycles. The summed E-state index contributed by atoms with van der Waals surface area (Å²) in [5.74, 6) is 0. The van der Waals surface area contributed by atoms with Gasteiger partial charge in [0.25, 0.3) is 0 Å². The molecule has 0 bridgehead atoms. The molecular formula is C12H16F3N3O. The highest BCUT2D eigenvalue weighted by molar-refractivity contribution is 5.89. The summed E-state index contributed by atoms with van der Waals surface area (Å²) >= 11 is 0. The SMILES string of the molecule is CCNCc1cccc(NC(=O)NCC(F)(F)F)c1. The molecule has 0 aliphatic rings. The van der Waals surface area contributed by atoms with Gasteiger partial charge in [0.2, 0.25) is 0 Å². The van der Waals surface area contributed by atoms with E-state index in [1.54, 1.807) is 23.5 Å². The number of carbonyl (C=O) groups excluding carboxylic acids is 1. The maximum atomic E-state index is 11.9. The van der Waals surface area contributed by atoms with Crippen LogP contribution in [0.25, 0.3) is 0 Å². The van der Waals surface area contributed by atoms with Gasteiger partial charge in [-0.15, -0.1) is 0 Å². The molecule has 0 aliphatic carbocycles. The number of nitrogens with one attached hydrogen (secondary N) is 3. The van der Waals surface area contributed by atoms with Crippen LogP contribution in [-0.4, -0.2) is 25.3 Å². The van der Waals surface area contributed by atoms with Gasteiger partial charge in [-0.25, -0.2) is 4.79 Å². The predicted octanol–water partition coefficient (Wildman–Crippen LogP) is 2.48. The summed E-state index contributed by atoms with van der Waals surface area (Å²) in [6.45, 7) is 2.06. The van der Waals surface area contributed by atoms with Crippen LogP contribution in [0, 0.1) is 0 Å². The fourth-order valence-electron chi connectivity index (χ4n) is 1.38. The van der Waals surface area contributed by atoms with E-state index in [1.165, 1.54) is 0 Å². The van der Waals surface area contributed by atoms with Crippen molar-refractivity contribution >= 4 is 11.7 Å². The molecular weight excluding hydrogens is 259 g/mol. The van der Waals surface area contributed by atoms with E-state index < -0.39 is 18.8 Å². The van der Waals surface area contributed by atoms with Gasteiger partial charge in [-0.1, -0.05) is 19.1 Å². The number of anilines is 1. The molecule has 4 nitrogen and oxygen atoms in total. The fraction of sp³-hybridized carbons (Fsp3) is 0.417. The second-order valence-electron chi connectivity index (χ2n) is 3.90. The van der Waals surface area contributed by atoms with Crippen LogP contribution in [0.4, 0.5) is 23.7 Å². The minimum absolute atomic E-state index is 0.454. The Morgan fingerprint density at radius 1 is 1.32 bits per heavy atom. The molecule has 1 aromatic rings. The van der Waals surface area contributed by atoms with Gasteiger partial charge >= 0.3 is 12.2 Å². The first-order valence-corrected chi connectivity index (χ1v) is 5.82.